The van der Waals surface area contributed by atoms with Gasteiger partial charge in [-0.1, -0.05) is 59.7 Å². The zero-order chi connectivity index (χ0) is 10.1. The van der Waals surface area contributed by atoms with Crippen LogP contribution in [0.1, 0.15) is 11.1 Å². The smallest absolute Gasteiger partial charge is 1.00 e. The van der Waals surface area contributed by atoms with Crippen LogP contribution in [0.15, 0.2) is 48.5 Å². The summed E-state index contributed by atoms with van der Waals surface area (Å²) in [6, 6.07) is 16.8. The van der Waals surface area contributed by atoms with E-state index in [2.05, 4.69) is 48.5 Å². The van der Waals surface area contributed by atoms with Crippen LogP contribution in [-0.2, 0) is 12.8 Å². The molecule has 1 aliphatic heterocycles. The number of nitrogens with zero attached hydrogens (tertiary/aromatic N) is 1. The molecule has 2 aromatic carbocycles. The van der Waals surface area contributed by atoms with Crippen LogP contribution in [-0.4, -0.2) is 23.1 Å². The summed E-state index contributed by atoms with van der Waals surface area (Å²) < 4.78 is 0. The predicted molar refractivity (Wildman–Crippen MR) is 68.7 cm³/mol. The van der Waals surface area contributed by atoms with Gasteiger partial charge in [0.2, 0.25) is 0 Å². The SMILES string of the molecule is [Br-].[Mg+2].c1ccc2c(c1)CCc1ccccc1[N-]2. The molecular weight excluding hydrogens is 286 g/mol. The number of rotatable bonds is 0. The van der Waals surface area contributed by atoms with Gasteiger partial charge >= 0.3 is 23.1 Å². The molecule has 0 aromatic heterocycles. The Morgan fingerprint density at radius 1 is 0.706 bits per heavy atom. The van der Waals surface area contributed by atoms with Crippen molar-refractivity contribution >= 4 is 34.4 Å². The first-order valence-electron chi connectivity index (χ1n) is 5.31. The largest absolute Gasteiger partial charge is 2.00 e. The molecule has 0 amide bonds. The summed E-state index contributed by atoms with van der Waals surface area (Å²) in [6.07, 6.45) is 2.19. The van der Waals surface area contributed by atoms with E-state index in [1.807, 2.05) is 0 Å². The van der Waals surface area contributed by atoms with Gasteiger partial charge in [0.25, 0.3) is 0 Å². The fraction of sp³-hybridized carbons (Fsp3) is 0.143. The van der Waals surface area contributed by atoms with Crippen molar-refractivity contribution in [1.29, 1.82) is 0 Å². The Labute approximate surface area is 129 Å². The first-order chi connectivity index (χ1) is 7.43. The minimum Gasteiger partial charge on any atom is -1.00 e. The van der Waals surface area contributed by atoms with Gasteiger partial charge in [-0.3, -0.25) is 0 Å². The summed E-state index contributed by atoms with van der Waals surface area (Å²) >= 11 is 0. The molecular formula is C14H12BrMgN. The maximum absolute atomic E-state index is 4.70. The van der Waals surface area contributed by atoms with E-state index in [1.165, 1.54) is 11.1 Å². The second-order valence-corrected chi connectivity index (χ2v) is 3.87. The average Bonchev–Trinajstić information content (AvgIpc) is 2.48. The molecule has 0 spiro atoms. The van der Waals surface area contributed by atoms with Gasteiger partial charge in [-0.05, 0) is 12.8 Å². The normalized spacial score (nSPS) is 11.8. The Morgan fingerprint density at radius 2 is 1.12 bits per heavy atom. The van der Waals surface area contributed by atoms with Crippen LogP contribution in [0.2, 0.25) is 0 Å². The predicted octanol–water partition coefficient (Wildman–Crippen LogP) is 0.745. The second kappa shape index (κ2) is 6.43. The quantitative estimate of drug-likeness (QED) is 0.637. The molecule has 3 heteroatoms. The topological polar surface area (TPSA) is 14.1 Å². The third-order valence-corrected chi connectivity index (χ3v) is 2.89. The summed E-state index contributed by atoms with van der Waals surface area (Å²) in [7, 11) is 0. The van der Waals surface area contributed by atoms with Gasteiger partial charge in [-0.15, -0.1) is 11.4 Å². The van der Waals surface area contributed by atoms with Crippen molar-refractivity contribution < 1.29 is 17.0 Å². The average molecular weight is 298 g/mol. The summed E-state index contributed by atoms with van der Waals surface area (Å²) in [4.78, 5) is 0. The number of hydrogen-bond donors (Lipinski definition) is 0. The summed E-state index contributed by atoms with van der Waals surface area (Å²) in [6.45, 7) is 0. The zero-order valence-corrected chi connectivity index (χ0v) is 12.6. The van der Waals surface area contributed by atoms with E-state index in [0.29, 0.717) is 0 Å². The Kier molecular flexibility index (Phi) is 5.50. The summed E-state index contributed by atoms with van der Waals surface area (Å²) in [5, 5.41) is 4.70. The van der Waals surface area contributed by atoms with Crippen molar-refractivity contribution in [3.8, 4) is 0 Å². The van der Waals surface area contributed by atoms with Crippen molar-refractivity contribution in [2.45, 2.75) is 12.8 Å². The molecule has 3 rings (SSSR count). The number of halogens is 1. The van der Waals surface area contributed by atoms with Gasteiger partial charge in [0.05, 0.1) is 0 Å². The maximum atomic E-state index is 4.70. The van der Waals surface area contributed by atoms with E-state index in [4.69, 9.17) is 5.32 Å². The Morgan fingerprint density at radius 3 is 1.59 bits per heavy atom. The molecule has 2 aromatic rings. The van der Waals surface area contributed by atoms with Gasteiger partial charge in [0.15, 0.2) is 0 Å². The molecule has 0 atom stereocenters. The van der Waals surface area contributed by atoms with Crippen LogP contribution in [0.4, 0.5) is 11.4 Å². The van der Waals surface area contributed by atoms with Crippen LogP contribution in [0, 0.1) is 0 Å². The standard InChI is InChI=1S/C14H12N.BrH.Mg/c1-3-7-13-11(5-1)9-10-12-6-2-4-8-14(12)15-13;;/h1-8H,9-10H2;1H;/q-1;;+2/p-1. The maximum Gasteiger partial charge on any atom is 2.00 e. The van der Waals surface area contributed by atoms with Crippen molar-refractivity contribution in [2.75, 3.05) is 0 Å². The summed E-state index contributed by atoms with van der Waals surface area (Å²) in [5.74, 6) is 0. The molecule has 1 nitrogen and oxygen atoms in total. The fourth-order valence-corrected chi connectivity index (χ4v) is 2.06. The minimum atomic E-state index is 0. The molecule has 0 saturated carbocycles. The van der Waals surface area contributed by atoms with Crippen LogP contribution in [0.25, 0.3) is 5.32 Å². The van der Waals surface area contributed by atoms with Gasteiger partial charge in [0, 0.05) is 0 Å². The first kappa shape index (κ1) is 14.5. The molecule has 82 valence electrons. The zero-order valence-electron chi connectivity index (χ0n) is 9.57. The van der Waals surface area contributed by atoms with Crippen molar-refractivity contribution in [3.63, 3.8) is 0 Å². The number of benzene rings is 2. The number of hydrogen-bond acceptors (Lipinski definition) is 0. The molecule has 1 heterocycles. The van der Waals surface area contributed by atoms with E-state index >= 15 is 0 Å². The van der Waals surface area contributed by atoms with Gasteiger partial charge < -0.3 is 22.3 Å². The summed E-state index contributed by atoms with van der Waals surface area (Å²) in [5.41, 5.74) is 4.97. The van der Waals surface area contributed by atoms with E-state index in [1.54, 1.807) is 0 Å². The third-order valence-electron chi connectivity index (χ3n) is 2.89. The molecule has 0 radical (unpaired) electrons. The van der Waals surface area contributed by atoms with Crippen LogP contribution >= 0.6 is 0 Å². The number of para-hydroxylation sites is 2. The first-order valence-corrected chi connectivity index (χ1v) is 5.31. The van der Waals surface area contributed by atoms with Gasteiger partial charge in [0.1, 0.15) is 0 Å². The minimum absolute atomic E-state index is 0. The molecule has 0 fully saturated rings. The Bertz CT molecular complexity index is 454. The van der Waals surface area contributed by atoms with Crippen molar-refractivity contribution in [3.05, 3.63) is 65.0 Å². The van der Waals surface area contributed by atoms with E-state index in [-0.39, 0.29) is 40.0 Å². The van der Waals surface area contributed by atoms with Gasteiger partial charge in [-0.2, -0.15) is 0 Å². The Balaban J connectivity index is 0.000000722. The fourth-order valence-electron chi connectivity index (χ4n) is 2.06. The van der Waals surface area contributed by atoms with Crippen LogP contribution < -0.4 is 17.0 Å². The van der Waals surface area contributed by atoms with Crippen LogP contribution in [0.3, 0.4) is 0 Å². The third kappa shape index (κ3) is 3.03. The van der Waals surface area contributed by atoms with Crippen LogP contribution in [0.5, 0.6) is 0 Å². The van der Waals surface area contributed by atoms with Crippen molar-refractivity contribution in [2.24, 2.45) is 0 Å². The molecule has 0 unspecified atom stereocenters. The molecule has 17 heavy (non-hydrogen) atoms. The Hall–Kier alpha value is -0.514. The number of aryl methyl sites for hydroxylation is 2. The van der Waals surface area contributed by atoms with Crippen molar-refractivity contribution in [1.82, 2.24) is 0 Å². The molecule has 0 aliphatic carbocycles. The van der Waals surface area contributed by atoms with E-state index in [0.717, 1.165) is 24.2 Å². The van der Waals surface area contributed by atoms with E-state index < -0.39 is 0 Å². The number of fused-ring (bicyclic) bond motifs is 2. The second-order valence-electron chi connectivity index (χ2n) is 3.87. The van der Waals surface area contributed by atoms with Gasteiger partial charge in [-0.25, -0.2) is 0 Å². The molecule has 0 saturated heterocycles. The van der Waals surface area contributed by atoms with E-state index in [9.17, 15) is 0 Å². The molecule has 0 N–H and O–H groups in total. The monoisotopic (exact) mass is 297 g/mol. The molecule has 1 aliphatic rings. The molecule has 0 bridgehead atoms.